The quantitative estimate of drug-likeness (QED) is 0.0529. The number of benzene rings is 4. The third-order valence-electron chi connectivity index (χ3n) is 7.50. The Labute approximate surface area is 264 Å². The SMILES string of the molecule is [N-]=[N+]=NCc1ccccc1C[C@]1(C(=O)NNCc2cc(F)ccc2F)N=C(c2ccc(OCCCO)cc2)O[C@H]1c1ccccc1. The van der Waals surface area contributed by atoms with Gasteiger partial charge in [0, 0.05) is 42.0 Å². The molecule has 5 rings (SSSR count). The van der Waals surface area contributed by atoms with Crippen LogP contribution in [0.2, 0.25) is 0 Å². The van der Waals surface area contributed by atoms with Gasteiger partial charge in [-0.05, 0) is 64.7 Å². The lowest BCUT2D eigenvalue weighted by Gasteiger charge is -2.31. The second-order valence-electron chi connectivity index (χ2n) is 10.6. The number of carbonyl (C=O) groups is 1. The molecule has 0 fully saturated rings. The number of aliphatic hydroxyl groups excluding tert-OH is 1. The van der Waals surface area contributed by atoms with Crippen LogP contribution in [0.4, 0.5) is 8.78 Å². The topological polar surface area (TPSA) is 141 Å². The number of rotatable bonds is 14. The monoisotopic (exact) mass is 626 g/mol. The van der Waals surface area contributed by atoms with Crippen LogP contribution >= 0.6 is 0 Å². The third-order valence-corrected chi connectivity index (χ3v) is 7.50. The van der Waals surface area contributed by atoms with Crippen LogP contribution in [-0.4, -0.2) is 35.7 Å². The van der Waals surface area contributed by atoms with Gasteiger partial charge in [-0.15, -0.1) is 0 Å². The highest BCUT2D eigenvalue weighted by molar-refractivity contribution is 6.01. The van der Waals surface area contributed by atoms with Crippen LogP contribution in [0.25, 0.3) is 10.4 Å². The number of aliphatic imine (C=N–C) groups is 1. The first-order valence-corrected chi connectivity index (χ1v) is 14.6. The van der Waals surface area contributed by atoms with Crippen LogP contribution in [0.1, 0.15) is 40.3 Å². The Morgan fingerprint density at radius 1 is 1.00 bits per heavy atom. The third kappa shape index (κ3) is 7.49. The van der Waals surface area contributed by atoms with Crippen LogP contribution in [0.3, 0.4) is 0 Å². The molecule has 236 valence electrons. The molecule has 46 heavy (non-hydrogen) atoms. The standard InChI is InChI=1S/C34H32F2N6O4/c35-28-13-16-30(36)27(19-28)22-38-41-33(44)34(20-25-9-4-5-10-26(25)21-39-42-37)31(23-7-2-1-3-8-23)46-32(40-34)24-11-14-29(15-12-24)45-18-6-17-43/h1-5,7-16,19,31,38,43H,6,17-18,20-22H2,(H,41,44)/t31-,34-/m0/s1. The summed E-state index contributed by atoms with van der Waals surface area (Å²) in [5.74, 6) is -0.990. The molecule has 0 radical (unpaired) electrons. The van der Waals surface area contributed by atoms with Crippen molar-refractivity contribution in [1.82, 2.24) is 10.9 Å². The van der Waals surface area contributed by atoms with Crippen LogP contribution in [0.5, 0.6) is 5.75 Å². The molecule has 0 bridgehead atoms. The predicted molar refractivity (Wildman–Crippen MR) is 168 cm³/mol. The molecule has 12 heteroatoms. The van der Waals surface area contributed by atoms with E-state index in [0.29, 0.717) is 41.0 Å². The normalized spacial score (nSPS) is 17.0. The zero-order chi connectivity index (χ0) is 32.4. The molecule has 0 unspecified atom stereocenters. The Morgan fingerprint density at radius 3 is 2.48 bits per heavy atom. The van der Waals surface area contributed by atoms with Crippen LogP contribution in [0.15, 0.2) is 107 Å². The van der Waals surface area contributed by atoms with Crippen molar-refractivity contribution >= 4 is 11.8 Å². The highest BCUT2D eigenvalue weighted by Gasteiger charge is 2.53. The van der Waals surface area contributed by atoms with Crippen molar-refractivity contribution in [2.24, 2.45) is 10.1 Å². The number of hydrazine groups is 1. The highest BCUT2D eigenvalue weighted by atomic mass is 19.1. The largest absolute Gasteiger partial charge is 0.494 e. The summed E-state index contributed by atoms with van der Waals surface area (Å²) >= 11 is 0. The summed E-state index contributed by atoms with van der Waals surface area (Å²) < 4.78 is 40.3. The lowest BCUT2D eigenvalue weighted by atomic mass is 9.81. The van der Waals surface area contributed by atoms with E-state index in [1.165, 1.54) is 0 Å². The number of aliphatic hydroxyl groups is 1. The fourth-order valence-electron chi connectivity index (χ4n) is 5.20. The van der Waals surface area contributed by atoms with Gasteiger partial charge in [-0.3, -0.25) is 10.2 Å². The average molecular weight is 627 g/mol. The summed E-state index contributed by atoms with van der Waals surface area (Å²) in [6.07, 6.45) is -0.351. The summed E-state index contributed by atoms with van der Waals surface area (Å²) in [5.41, 5.74) is 15.5. The molecular weight excluding hydrogens is 594 g/mol. The minimum absolute atomic E-state index is 0.0196. The van der Waals surface area contributed by atoms with E-state index in [-0.39, 0.29) is 37.6 Å². The fraction of sp³-hybridized carbons (Fsp3) is 0.235. The molecule has 3 N–H and O–H groups in total. The Balaban J connectivity index is 1.54. The fourth-order valence-corrected chi connectivity index (χ4v) is 5.20. The Kier molecular flexibility index (Phi) is 10.6. The first-order valence-electron chi connectivity index (χ1n) is 14.6. The number of halogens is 2. The van der Waals surface area contributed by atoms with Crippen molar-refractivity contribution in [2.45, 2.75) is 37.6 Å². The number of nitrogens with zero attached hydrogens (tertiary/aromatic N) is 4. The van der Waals surface area contributed by atoms with Gasteiger partial charge in [0.15, 0.2) is 11.6 Å². The first-order chi connectivity index (χ1) is 22.4. The van der Waals surface area contributed by atoms with Crippen molar-refractivity contribution in [3.63, 3.8) is 0 Å². The predicted octanol–water partition coefficient (Wildman–Crippen LogP) is 5.86. The lowest BCUT2D eigenvalue weighted by Crippen LogP contribution is -2.53. The van der Waals surface area contributed by atoms with Gasteiger partial charge in [-0.1, -0.05) is 59.7 Å². The molecule has 1 aliphatic rings. The van der Waals surface area contributed by atoms with Gasteiger partial charge < -0.3 is 14.6 Å². The summed E-state index contributed by atoms with van der Waals surface area (Å²) in [7, 11) is 0. The van der Waals surface area contributed by atoms with E-state index in [1.54, 1.807) is 24.3 Å². The van der Waals surface area contributed by atoms with Crippen molar-refractivity contribution < 1.29 is 28.2 Å². The van der Waals surface area contributed by atoms with Gasteiger partial charge in [0.1, 0.15) is 17.4 Å². The molecule has 10 nitrogen and oxygen atoms in total. The van der Waals surface area contributed by atoms with Crippen molar-refractivity contribution in [1.29, 1.82) is 0 Å². The Morgan fingerprint density at radius 2 is 1.74 bits per heavy atom. The minimum Gasteiger partial charge on any atom is -0.494 e. The molecule has 1 amide bonds. The number of ether oxygens (including phenoxy) is 2. The van der Waals surface area contributed by atoms with Gasteiger partial charge in [0.2, 0.25) is 5.90 Å². The van der Waals surface area contributed by atoms with Crippen molar-refractivity contribution in [3.05, 3.63) is 147 Å². The Hall–Kier alpha value is -5.29. The molecule has 1 aliphatic heterocycles. The maximum atomic E-state index is 14.3. The Bertz CT molecular complexity index is 1730. The smallest absolute Gasteiger partial charge is 0.266 e. The second-order valence-corrected chi connectivity index (χ2v) is 10.6. The highest BCUT2D eigenvalue weighted by Crippen LogP contribution is 2.43. The maximum absolute atomic E-state index is 14.3. The first kappa shape index (κ1) is 32.1. The van der Waals surface area contributed by atoms with Gasteiger partial charge >= 0.3 is 0 Å². The van der Waals surface area contributed by atoms with Crippen molar-refractivity contribution in [2.75, 3.05) is 13.2 Å². The van der Waals surface area contributed by atoms with E-state index in [4.69, 9.17) is 25.1 Å². The van der Waals surface area contributed by atoms with Gasteiger partial charge in [0.25, 0.3) is 5.91 Å². The van der Waals surface area contributed by atoms with Crippen molar-refractivity contribution in [3.8, 4) is 5.75 Å². The zero-order valence-electron chi connectivity index (χ0n) is 24.8. The van der Waals surface area contributed by atoms with E-state index < -0.39 is 29.2 Å². The minimum atomic E-state index is -1.59. The molecule has 1 heterocycles. The van der Waals surface area contributed by atoms with Crippen LogP contribution in [0, 0.1) is 11.6 Å². The van der Waals surface area contributed by atoms with Gasteiger partial charge in [-0.2, -0.15) is 0 Å². The molecular formula is C34H32F2N6O4. The number of nitrogens with one attached hydrogen (secondary N) is 2. The molecule has 4 aromatic carbocycles. The summed E-state index contributed by atoms with van der Waals surface area (Å²) in [6, 6.07) is 26.6. The lowest BCUT2D eigenvalue weighted by molar-refractivity contribution is -0.130. The molecule has 0 saturated heterocycles. The second kappa shape index (κ2) is 15.1. The van der Waals surface area contributed by atoms with E-state index in [0.717, 1.165) is 18.2 Å². The molecule has 4 aromatic rings. The number of carbonyl (C=O) groups excluding carboxylic acids is 1. The number of hydrogen-bond acceptors (Lipinski definition) is 7. The van der Waals surface area contributed by atoms with E-state index in [2.05, 4.69) is 20.9 Å². The number of hydrogen-bond donors (Lipinski definition) is 3. The molecule has 0 saturated carbocycles. The van der Waals surface area contributed by atoms with Gasteiger partial charge in [-0.25, -0.2) is 19.2 Å². The van der Waals surface area contributed by atoms with Gasteiger partial charge in [0.05, 0.1) is 13.2 Å². The van der Waals surface area contributed by atoms with Crippen LogP contribution in [-0.2, 0) is 29.0 Å². The summed E-state index contributed by atoms with van der Waals surface area (Å²) in [5, 5.41) is 12.8. The maximum Gasteiger partial charge on any atom is 0.266 e. The average Bonchev–Trinajstić information content (AvgIpc) is 3.47. The number of amides is 1. The molecule has 2 atom stereocenters. The summed E-state index contributed by atoms with van der Waals surface area (Å²) in [4.78, 5) is 22.2. The zero-order valence-corrected chi connectivity index (χ0v) is 24.8. The van der Waals surface area contributed by atoms with E-state index in [1.807, 2.05) is 54.6 Å². The van der Waals surface area contributed by atoms with E-state index in [9.17, 15) is 13.6 Å². The molecule has 0 aliphatic carbocycles. The van der Waals surface area contributed by atoms with E-state index >= 15 is 0 Å². The molecule has 0 aromatic heterocycles. The van der Waals surface area contributed by atoms with Crippen LogP contribution < -0.4 is 15.6 Å². The number of azide groups is 1. The summed E-state index contributed by atoms with van der Waals surface area (Å²) in [6.45, 7) is 0.247. The molecule has 0 spiro atoms.